The van der Waals surface area contributed by atoms with Gasteiger partial charge in [0.25, 0.3) is 5.91 Å². The van der Waals surface area contributed by atoms with Crippen LogP contribution in [0, 0.1) is 5.82 Å². The average molecular weight is 496 g/mol. The Kier molecular flexibility index (Phi) is 8.11. The lowest BCUT2D eigenvalue weighted by Gasteiger charge is -2.15. The number of thioether (sulfide) groups is 1. The Hall–Kier alpha value is -2.62. The van der Waals surface area contributed by atoms with Crippen LogP contribution in [-0.4, -0.2) is 32.3 Å². The number of carbonyl (C=O) groups is 2. The highest BCUT2D eigenvalue weighted by Gasteiger charge is 2.21. The Morgan fingerprint density at radius 2 is 1.94 bits per heavy atom. The van der Waals surface area contributed by atoms with Gasteiger partial charge in [-0.1, -0.05) is 47.1 Å². The standard InChI is InChI=1S/C21H20Cl2FN5O2S/c1-3-29-19(12(2)25-20(31)14-6-4-5-7-16(14)24)27-28-21(29)32-11-18(30)26-17-10-13(22)8-9-15(17)23/h4-10,12H,3,11H2,1-2H3,(H,25,31)(H,26,30). The molecule has 0 bridgehead atoms. The van der Waals surface area contributed by atoms with Crippen molar-refractivity contribution < 1.29 is 14.0 Å². The summed E-state index contributed by atoms with van der Waals surface area (Å²) in [4.78, 5) is 24.7. The molecule has 2 amide bonds. The van der Waals surface area contributed by atoms with E-state index in [-0.39, 0.29) is 17.2 Å². The molecule has 2 aromatic carbocycles. The van der Waals surface area contributed by atoms with Crippen LogP contribution in [0.15, 0.2) is 47.6 Å². The Bertz CT molecular complexity index is 1140. The van der Waals surface area contributed by atoms with Crippen molar-refractivity contribution in [2.45, 2.75) is 31.6 Å². The van der Waals surface area contributed by atoms with Gasteiger partial charge in [-0.15, -0.1) is 10.2 Å². The van der Waals surface area contributed by atoms with E-state index in [4.69, 9.17) is 23.2 Å². The van der Waals surface area contributed by atoms with E-state index in [1.165, 1.54) is 30.0 Å². The molecule has 1 aromatic heterocycles. The molecular formula is C21H20Cl2FN5O2S. The smallest absolute Gasteiger partial charge is 0.254 e. The molecule has 3 rings (SSSR count). The Labute approximate surface area is 198 Å². The summed E-state index contributed by atoms with van der Waals surface area (Å²) in [6.45, 7) is 4.15. The first-order chi connectivity index (χ1) is 15.3. The molecular weight excluding hydrogens is 476 g/mol. The first kappa shape index (κ1) is 24.0. The highest BCUT2D eigenvalue weighted by molar-refractivity contribution is 7.99. The number of carbonyl (C=O) groups excluding carboxylic acids is 2. The van der Waals surface area contributed by atoms with Crippen molar-refractivity contribution in [3.8, 4) is 0 Å². The van der Waals surface area contributed by atoms with Crippen LogP contribution < -0.4 is 10.6 Å². The van der Waals surface area contributed by atoms with Crippen LogP contribution in [0.25, 0.3) is 0 Å². The molecule has 168 valence electrons. The van der Waals surface area contributed by atoms with Crippen molar-refractivity contribution >= 4 is 52.5 Å². The highest BCUT2D eigenvalue weighted by atomic mass is 35.5. The normalized spacial score (nSPS) is 11.8. The zero-order valence-electron chi connectivity index (χ0n) is 17.2. The summed E-state index contributed by atoms with van der Waals surface area (Å²) in [5, 5.41) is 15.1. The molecule has 0 aliphatic carbocycles. The number of aromatic nitrogens is 3. The van der Waals surface area contributed by atoms with Crippen LogP contribution in [0.5, 0.6) is 0 Å². The third-order valence-corrected chi connectivity index (χ3v) is 5.98. The molecule has 2 N–H and O–H groups in total. The number of nitrogens with one attached hydrogen (secondary N) is 2. The molecule has 32 heavy (non-hydrogen) atoms. The van der Waals surface area contributed by atoms with E-state index >= 15 is 0 Å². The summed E-state index contributed by atoms with van der Waals surface area (Å²) in [7, 11) is 0. The summed E-state index contributed by atoms with van der Waals surface area (Å²) in [6, 6.07) is 10.0. The predicted octanol–water partition coefficient (Wildman–Crippen LogP) is 4.97. The number of halogens is 3. The molecule has 3 aromatic rings. The van der Waals surface area contributed by atoms with Crippen LogP contribution in [0.4, 0.5) is 10.1 Å². The summed E-state index contributed by atoms with van der Waals surface area (Å²) in [5.41, 5.74) is 0.375. The number of benzene rings is 2. The number of rotatable bonds is 8. The molecule has 0 saturated carbocycles. The van der Waals surface area contributed by atoms with E-state index < -0.39 is 17.8 Å². The van der Waals surface area contributed by atoms with Crippen molar-refractivity contribution in [2.75, 3.05) is 11.1 Å². The number of hydrogen-bond acceptors (Lipinski definition) is 5. The van der Waals surface area contributed by atoms with Crippen LogP contribution in [0.1, 0.15) is 36.1 Å². The van der Waals surface area contributed by atoms with Gasteiger partial charge < -0.3 is 15.2 Å². The summed E-state index contributed by atoms with van der Waals surface area (Å²) in [5.74, 6) is -0.869. The van der Waals surface area contributed by atoms with E-state index in [0.29, 0.717) is 33.3 Å². The van der Waals surface area contributed by atoms with Gasteiger partial charge in [-0.25, -0.2) is 4.39 Å². The van der Waals surface area contributed by atoms with Crippen molar-refractivity contribution in [3.05, 3.63) is 69.7 Å². The quantitative estimate of drug-likeness (QED) is 0.430. The lowest BCUT2D eigenvalue weighted by Crippen LogP contribution is -2.29. The topological polar surface area (TPSA) is 88.9 Å². The van der Waals surface area contributed by atoms with Crippen LogP contribution >= 0.6 is 35.0 Å². The molecule has 0 fully saturated rings. The van der Waals surface area contributed by atoms with Crippen LogP contribution in [0.3, 0.4) is 0 Å². The second-order valence-corrected chi connectivity index (χ2v) is 8.51. The molecule has 0 saturated heterocycles. The first-order valence-electron chi connectivity index (χ1n) is 9.66. The maximum atomic E-state index is 13.9. The first-order valence-corrected chi connectivity index (χ1v) is 11.4. The lowest BCUT2D eigenvalue weighted by molar-refractivity contribution is -0.113. The molecule has 1 unspecified atom stereocenters. The van der Waals surface area contributed by atoms with E-state index in [9.17, 15) is 14.0 Å². The fourth-order valence-corrected chi connectivity index (χ4v) is 4.06. The number of hydrogen-bond donors (Lipinski definition) is 2. The largest absolute Gasteiger partial charge is 0.342 e. The SMILES string of the molecule is CCn1c(SCC(=O)Nc2cc(Cl)ccc2Cl)nnc1C(C)NC(=O)c1ccccc1F. The second-order valence-electron chi connectivity index (χ2n) is 6.72. The molecule has 11 heteroatoms. The second kappa shape index (κ2) is 10.8. The molecule has 7 nitrogen and oxygen atoms in total. The molecule has 0 radical (unpaired) electrons. The van der Waals surface area contributed by atoms with Crippen molar-refractivity contribution in [2.24, 2.45) is 0 Å². The van der Waals surface area contributed by atoms with Crippen molar-refractivity contribution in [3.63, 3.8) is 0 Å². The van der Waals surface area contributed by atoms with Gasteiger partial charge in [0, 0.05) is 11.6 Å². The van der Waals surface area contributed by atoms with Gasteiger partial charge in [0.05, 0.1) is 28.1 Å². The van der Waals surface area contributed by atoms with Gasteiger partial charge in [-0.2, -0.15) is 0 Å². The van der Waals surface area contributed by atoms with Gasteiger partial charge in [-0.3, -0.25) is 9.59 Å². The van der Waals surface area contributed by atoms with Crippen molar-refractivity contribution in [1.29, 1.82) is 0 Å². The van der Waals surface area contributed by atoms with Crippen LogP contribution in [0.2, 0.25) is 10.0 Å². The Morgan fingerprint density at radius 1 is 1.19 bits per heavy atom. The maximum absolute atomic E-state index is 13.9. The zero-order chi connectivity index (χ0) is 23.3. The Balaban J connectivity index is 1.65. The van der Waals surface area contributed by atoms with E-state index in [0.717, 1.165) is 0 Å². The van der Waals surface area contributed by atoms with Crippen LogP contribution in [-0.2, 0) is 11.3 Å². The van der Waals surface area contributed by atoms with Gasteiger partial charge in [-0.05, 0) is 44.2 Å². The third-order valence-electron chi connectivity index (χ3n) is 4.45. The Morgan fingerprint density at radius 3 is 2.66 bits per heavy atom. The van der Waals surface area contributed by atoms with Crippen molar-refractivity contribution in [1.82, 2.24) is 20.1 Å². The van der Waals surface area contributed by atoms with Gasteiger partial charge >= 0.3 is 0 Å². The number of amides is 2. The minimum atomic E-state index is -0.601. The zero-order valence-corrected chi connectivity index (χ0v) is 19.6. The van der Waals surface area contributed by atoms with Gasteiger partial charge in [0.15, 0.2) is 11.0 Å². The summed E-state index contributed by atoms with van der Waals surface area (Å²) >= 11 is 13.2. The average Bonchev–Trinajstić information content (AvgIpc) is 3.18. The predicted molar refractivity (Wildman–Crippen MR) is 124 cm³/mol. The van der Waals surface area contributed by atoms with Gasteiger partial charge in [0.2, 0.25) is 5.91 Å². The molecule has 0 aliphatic heterocycles. The monoisotopic (exact) mass is 495 g/mol. The van der Waals surface area contributed by atoms with E-state index in [1.807, 2.05) is 6.92 Å². The number of anilines is 1. The summed E-state index contributed by atoms with van der Waals surface area (Å²) in [6.07, 6.45) is 0. The third kappa shape index (κ3) is 5.79. The minimum absolute atomic E-state index is 0.0483. The van der Waals surface area contributed by atoms with E-state index in [1.54, 1.807) is 35.8 Å². The van der Waals surface area contributed by atoms with E-state index in [2.05, 4.69) is 20.8 Å². The fraction of sp³-hybridized carbons (Fsp3) is 0.238. The highest BCUT2D eigenvalue weighted by Crippen LogP contribution is 2.26. The lowest BCUT2D eigenvalue weighted by atomic mass is 10.2. The summed E-state index contributed by atoms with van der Waals surface area (Å²) < 4.78 is 15.7. The number of nitrogens with zero attached hydrogens (tertiary/aromatic N) is 3. The maximum Gasteiger partial charge on any atom is 0.254 e. The molecule has 1 heterocycles. The van der Waals surface area contributed by atoms with Gasteiger partial charge in [0.1, 0.15) is 5.82 Å². The molecule has 1 atom stereocenters. The molecule has 0 spiro atoms. The molecule has 0 aliphatic rings. The fourth-order valence-electron chi connectivity index (χ4n) is 2.92. The minimum Gasteiger partial charge on any atom is -0.342 e.